The molecule has 0 aliphatic rings. The molecule has 2 heterocycles. The van der Waals surface area contributed by atoms with Crippen LogP contribution < -0.4 is 0 Å². The van der Waals surface area contributed by atoms with E-state index in [4.69, 9.17) is 5.11 Å². The van der Waals surface area contributed by atoms with Crippen LogP contribution in [0.2, 0.25) is 0 Å². The van der Waals surface area contributed by atoms with E-state index < -0.39 is 5.97 Å². The van der Waals surface area contributed by atoms with Crippen LogP contribution in [0, 0.1) is 0 Å². The molecule has 0 aliphatic heterocycles. The van der Waals surface area contributed by atoms with E-state index in [2.05, 4.69) is 15.3 Å². The van der Waals surface area contributed by atoms with Gasteiger partial charge < -0.3 is 5.11 Å². The van der Waals surface area contributed by atoms with Crippen molar-refractivity contribution in [1.29, 1.82) is 0 Å². The quantitative estimate of drug-likeness (QED) is 0.739. The van der Waals surface area contributed by atoms with Gasteiger partial charge >= 0.3 is 5.97 Å². The van der Waals surface area contributed by atoms with Crippen molar-refractivity contribution < 1.29 is 9.90 Å². The predicted octanol–water partition coefficient (Wildman–Crippen LogP) is 1.97. The van der Waals surface area contributed by atoms with Gasteiger partial charge in [0.15, 0.2) is 5.65 Å². The molecule has 0 atom stereocenters. The summed E-state index contributed by atoms with van der Waals surface area (Å²) in [5.41, 5.74) is 2.37. The highest BCUT2D eigenvalue weighted by atomic mass is 32.2. The first-order chi connectivity index (χ1) is 9.74. The highest BCUT2D eigenvalue weighted by Gasteiger charge is 2.10. The number of thioether (sulfide) groups is 1. The van der Waals surface area contributed by atoms with Gasteiger partial charge in [0.05, 0.1) is 11.4 Å². The lowest BCUT2D eigenvalue weighted by Gasteiger charge is -2.02. The third kappa shape index (κ3) is 2.48. The summed E-state index contributed by atoms with van der Waals surface area (Å²) in [6.45, 7) is 0. The normalized spacial score (nSPS) is 10.8. The third-order valence-electron chi connectivity index (χ3n) is 2.63. The van der Waals surface area contributed by atoms with Crippen molar-refractivity contribution in [3.63, 3.8) is 0 Å². The number of hydrogen-bond donors (Lipinski definition) is 1. The Morgan fingerprint density at radius 1 is 1.15 bits per heavy atom. The monoisotopic (exact) mass is 286 g/mol. The highest BCUT2D eigenvalue weighted by molar-refractivity contribution is 7.99. The highest BCUT2D eigenvalue weighted by Crippen LogP contribution is 2.20. The maximum Gasteiger partial charge on any atom is 0.313 e. The summed E-state index contributed by atoms with van der Waals surface area (Å²) in [5, 5.41) is 21.6. The molecule has 0 radical (unpaired) electrons. The number of benzene rings is 1. The molecule has 0 saturated carbocycles. The Hall–Kier alpha value is -2.41. The first-order valence-corrected chi connectivity index (χ1v) is 6.85. The fraction of sp³-hybridized carbons (Fsp3) is 0.0769. The fourth-order valence-electron chi connectivity index (χ4n) is 1.75. The number of carbonyl (C=O) groups is 1. The van der Waals surface area contributed by atoms with E-state index in [-0.39, 0.29) is 5.75 Å². The number of carboxylic acid groups (broad SMARTS) is 1. The minimum absolute atomic E-state index is 0.0714. The van der Waals surface area contributed by atoms with E-state index in [0.29, 0.717) is 10.8 Å². The summed E-state index contributed by atoms with van der Waals surface area (Å²) in [6, 6.07) is 13.4. The molecule has 100 valence electrons. The summed E-state index contributed by atoms with van der Waals surface area (Å²) >= 11 is 1.10. The van der Waals surface area contributed by atoms with Gasteiger partial charge in [-0.2, -0.15) is 9.61 Å². The zero-order valence-corrected chi connectivity index (χ0v) is 11.1. The zero-order valence-electron chi connectivity index (χ0n) is 10.3. The van der Waals surface area contributed by atoms with Crippen LogP contribution in [0.15, 0.2) is 47.6 Å². The molecule has 0 spiro atoms. The Kier molecular flexibility index (Phi) is 3.34. The maximum absolute atomic E-state index is 10.6. The Morgan fingerprint density at radius 3 is 2.70 bits per heavy atom. The molecule has 1 N–H and O–H groups in total. The van der Waals surface area contributed by atoms with E-state index in [1.165, 1.54) is 0 Å². The SMILES string of the molecule is O=C(O)CSc1nnc2ccc(-c3ccccc3)nn12. The van der Waals surface area contributed by atoms with Gasteiger partial charge in [0.25, 0.3) is 0 Å². The lowest BCUT2D eigenvalue weighted by molar-refractivity contribution is -0.133. The smallest absolute Gasteiger partial charge is 0.313 e. The van der Waals surface area contributed by atoms with Crippen molar-refractivity contribution in [1.82, 2.24) is 19.8 Å². The minimum atomic E-state index is -0.897. The molecular formula is C13H10N4O2S. The van der Waals surface area contributed by atoms with Crippen LogP contribution in [-0.4, -0.2) is 36.6 Å². The molecule has 1 aromatic carbocycles. The van der Waals surface area contributed by atoms with E-state index >= 15 is 0 Å². The van der Waals surface area contributed by atoms with Crippen LogP contribution in [0.4, 0.5) is 0 Å². The molecule has 3 rings (SSSR count). The van der Waals surface area contributed by atoms with Crippen LogP contribution >= 0.6 is 11.8 Å². The summed E-state index contributed by atoms with van der Waals surface area (Å²) in [7, 11) is 0. The number of hydrogen-bond acceptors (Lipinski definition) is 5. The molecular weight excluding hydrogens is 276 g/mol. The third-order valence-corrected chi connectivity index (χ3v) is 3.53. The molecule has 7 heteroatoms. The molecule has 6 nitrogen and oxygen atoms in total. The standard InChI is InChI=1S/C13H10N4O2S/c18-12(19)8-20-13-15-14-11-7-6-10(16-17(11)13)9-4-2-1-3-5-9/h1-7H,8H2,(H,18,19). The van der Waals surface area contributed by atoms with Crippen LogP contribution in [0.3, 0.4) is 0 Å². The van der Waals surface area contributed by atoms with Crippen molar-refractivity contribution in [2.24, 2.45) is 0 Å². The van der Waals surface area contributed by atoms with Crippen molar-refractivity contribution in [3.05, 3.63) is 42.5 Å². The Balaban J connectivity index is 2.01. The largest absolute Gasteiger partial charge is 0.481 e. The van der Waals surface area contributed by atoms with Crippen LogP contribution in [0.1, 0.15) is 0 Å². The molecule has 0 amide bonds. The van der Waals surface area contributed by atoms with Crippen molar-refractivity contribution in [2.45, 2.75) is 5.16 Å². The number of fused-ring (bicyclic) bond motifs is 1. The van der Waals surface area contributed by atoms with Gasteiger partial charge in [-0.05, 0) is 12.1 Å². The Morgan fingerprint density at radius 2 is 1.95 bits per heavy atom. The van der Waals surface area contributed by atoms with Crippen LogP contribution in [0.5, 0.6) is 0 Å². The van der Waals surface area contributed by atoms with E-state index in [0.717, 1.165) is 23.0 Å². The van der Waals surface area contributed by atoms with Gasteiger partial charge in [0.1, 0.15) is 0 Å². The van der Waals surface area contributed by atoms with Gasteiger partial charge in [-0.15, -0.1) is 10.2 Å². The van der Waals surface area contributed by atoms with Crippen molar-refractivity contribution in [2.75, 3.05) is 5.75 Å². The van der Waals surface area contributed by atoms with E-state index in [9.17, 15) is 4.79 Å². The maximum atomic E-state index is 10.6. The van der Waals surface area contributed by atoms with Gasteiger partial charge in [0, 0.05) is 5.56 Å². The minimum Gasteiger partial charge on any atom is -0.481 e. The summed E-state index contributed by atoms with van der Waals surface area (Å²) in [4.78, 5) is 10.6. The molecule has 20 heavy (non-hydrogen) atoms. The van der Waals surface area contributed by atoms with Gasteiger partial charge in [-0.3, -0.25) is 4.79 Å². The zero-order chi connectivity index (χ0) is 13.9. The molecule has 0 bridgehead atoms. The number of carboxylic acids is 1. The number of rotatable bonds is 4. The van der Waals surface area contributed by atoms with Gasteiger partial charge in [0.2, 0.25) is 5.16 Å². The number of aliphatic carboxylic acids is 1. The van der Waals surface area contributed by atoms with Crippen LogP contribution in [-0.2, 0) is 4.79 Å². The van der Waals surface area contributed by atoms with Gasteiger partial charge in [-0.25, -0.2) is 0 Å². The molecule has 0 aliphatic carbocycles. The predicted molar refractivity (Wildman–Crippen MR) is 74.6 cm³/mol. The average molecular weight is 286 g/mol. The Labute approximate surface area is 118 Å². The molecule has 0 saturated heterocycles. The summed E-state index contributed by atoms with van der Waals surface area (Å²) < 4.78 is 1.57. The molecule has 2 aromatic heterocycles. The van der Waals surface area contributed by atoms with Gasteiger partial charge in [-0.1, -0.05) is 42.1 Å². The first-order valence-electron chi connectivity index (χ1n) is 5.86. The Bertz CT molecular complexity index is 757. The fourth-order valence-corrected chi connectivity index (χ4v) is 2.36. The van der Waals surface area contributed by atoms with Crippen molar-refractivity contribution >= 4 is 23.4 Å². The number of aromatic nitrogens is 4. The number of nitrogens with zero attached hydrogens (tertiary/aromatic N) is 4. The van der Waals surface area contributed by atoms with E-state index in [1.807, 2.05) is 42.5 Å². The van der Waals surface area contributed by atoms with Crippen LogP contribution in [0.25, 0.3) is 16.9 Å². The first kappa shape index (κ1) is 12.6. The lowest BCUT2D eigenvalue weighted by Crippen LogP contribution is -2.01. The lowest BCUT2D eigenvalue weighted by atomic mass is 10.1. The second kappa shape index (κ2) is 5.30. The second-order valence-corrected chi connectivity index (χ2v) is 4.96. The molecule has 0 fully saturated rings. The summed E-state index contributed by atoms with van der Waals surface area (Å²) in [6.07, 6.45) is 0. The average Bonchev–Trinajstić information content (AvgIpc) is 2.88. The second-order valence-electron chi connectivity index (χ2n) is 4.02. The molecule has 0 unspecified atom stereocenters. The molecule has 3 aromatic rings. The van der Waals surface area contributed by atoms with Crippen molar-refractivity contribution in [3.8, 4) is 11.3 Å². The topological polar surface area (TPSA) is 80.4 Å². The summed E-state index contributed by atoms with van der Waals surface area (Å²) in [5.74, 6) is -0.969. The van der Waals surface area contributed by atoms with E-state index in [1.54, 1.807) is 4.52 Å².